The van der Waals surface area contributed by atoms with E-state index < -0.39 is 12.7 Å². The second-order valence-corrected chi connectivity index (χ2v) is 7.14. The third kappa shape index (κ3) is 5.13. The number of hydrogen-bond acceptors (Lipinski definition) is 2. The topological polar surface area (TPSA) is 30.9 Å². The number of fused-ring (bicyclic) bond motifs is 1. The summed E-state index contributed by atoms with van der Waals surface area (Å²) in [6.07, 6.45) is -2.35. The Balaban J connectivity index is 1.58. The Bertz CT molecular complexity index is 629. The minimum Gasteiger partial charge on any atom is -0.357 e. The molecule has 3 rings (SSSR count). The van der Waals surface area contributed by atoms with Crippen molar-refractivity contribution in [3.63, 3.8) is 0 Å². The van der Waals surface area contributed by atoms with Gasteiger partial charge in [-0.15, -0.1) is 0 Å². The summed E-state index contributed by atoms with van der Waals surface area (Å²) in [5.41, 5.74) is 2.71. The van der Waals surface area contributed by atoms with Gasteiger partial charge in [0.1, 0.15) is 0 Å². The number of hydrogen-bond donors (Lipinski definition) is 1. The summed E-state index contributed by atoms with van der Waals surface area (Å²) in [5, 5.41) is 3.34. The van der Waals surface area contributed by atoms with E-state index in [9.17, 15) is 13.2 Å². The van der Waals surface area contributed by atoms with Crippen molar-refractivity contribution >= 4 is 5.96 Å². The standard InChI is InChI=1S/C19H27F3N4/c1-2-23-18(26-10-8-16-5-3-4-6-17(16)13-26)24-11-15-7-9-25(12-15)14-19(20,21)22/h3-6,15H,2,7-14H2,1H3,(H,23,24). The van der Waals surface area contributed by atoms with Gasteiger partial charge in [0.2, 0.25) is 0 Å². The second kappa shape index (κ2) is 8.29. The molecule has 1 saturated heterocycles. The number of halogens is 3. The van der Waals surface area contributed by atoms with Crippen molar-refractivity contribution < 1.29 is 13.2 Å². The van der Waals surface area contributed by atoms with E-state index in [1.54, 1.807) is 0 Å². The number of guanidine groups is 1. The van der Waals surface area contributed by atoms with Gasteiger partial charge in [-0.25, -0.2) is 0 Å². The normalized spacial score (nSPS) is 21.8. The van der Waals surface area contributed by atoms with Gasteiger partial charge in [0.15, 0.2) is 5.96 Å². The first-order chi connectivity index (χ1) is 12.4. The molecule has 2 aliphatic heterocycles. The second-order valence-electron chi connectivity index (χ2n) is 7.14. The zero-order valence-corrected chi connectivity index (χ0v) is 15.2. The molecule has 1 aromatic carbocycles. The first-order valence-electron chi connectivity index (χ1n) is 9.33. The fourth-order valence-electron chi connectivity index (χ4n) is 3.78. The average molecular weight is 368 g/mol. The van der Waals surface area contributed by atoms with Gasteiger partial charge in [0, 0.05) is 32.7 Å². The maximum absolute atomic E-state index is 12.5. The van der Waals surface area contributed by atoms with Gasteiger partial charge < -0.3 is 10.2 Å². The van der Waals surface area contributed by atoms with Crippen LogP contribution in [0.5, 0.6) is 0 Å². The maximum atomic E-state index is 12.5. The van der Waals surface area contributed by atoms with Crippen LogP contribution >= 0.6 is 0 Å². The van der Waals surface area contributed by atoms with Crippen molar-refractivity contribution in [3.05, 3.63) is 35.4 Å². The largest absolute Gasteiger partial charge is 0.401 e. The van der Waals surface area contributed by atoms with Gasteiger partial charge in [-0.05, 0) is 43.4 Å². The molecule has 1 atom stereocenters. The minimum atomic E-state index is -4.12. The summed E-state index contributed by atoms with van der Waals surface area (Å²) >= 11 is 0. The van der Waals surface area contributed by atoms with Crippen LogP contribution in [-0.4, -0.2) is 61.2 Å². The smallest absolute Gasteiger partial charge is 0.357 e. The van der Waals surface area contributed by atoms with E-state index in [2.05, 4.69) is 34.5 Å². The lowest BCUT2D eigenvalue weighted by Crippen LogP contribution is -2.44. The summed E-state index contributed by atoms with van der Waals surface area (Å²) in [6.45, 7) is 5.31. The highest BCUT2D eigenvalue weighted by atomic mass is 19.4. The van der Waals surface area contributed by atoms with Crippen molar-refractivity contribution in [2.75, 3.05) is 39.3 Å². The third-order valence-electron chi connectivity index (χ3n) is 5.04. The van der Waals surface area contributed by atoms with E-state index in [1.165, 1.54) is 16.0 Å². The zero-order chi connectivity index (χ0) is 18.6. The molecule has 0 bridgehead atoms. The Hall–Kier alpha value is -1.76. The monoisotopic (exact) mass is 368 g/mol. The van der Waals surface area contributed by atoms with Gasteiger partial charge in [0.25, 0.3) is 0 Å². The molecule has 0 amide bonds. The lowest BCUT2D eigenvalue weighted by atomic mass is 10.0. The number of rotatable bonds is 4. The molecular formula is C19H27F3N4. The summed E-state index contributed by atoms with van der Waals surface area (Å²) in [7, 11) is 0. The van der Waals surface area contributed by atoms with Crippen LogP contribution in [0.3, 0.4) is 0 Å². The van der Waals surface area contributed by atoms with Crippen LogP contribution in [0.2, 0.25) is 0 Å². The maximum Gasteiger partial charge on any atom is 0.401 e. The molecule has 26 heavy (non-hydrogen) atoms. The first kappa shape index (κ1) is 19.0. The Morgan fingerprint density at radius 2 is 2.00 bits per heavy atom. The third-order valence-corrected chi connectivity index (χ3v) is 5.04. The van der Waals surface area contributed by atoms with Crippen molar-refractivity contribution in [1.82, 2.24) is 15.1 Å². The minimum absolute atomic E-state index is 0.197. The van der Waals surface area contributed by atoms with Crippen LogP contribution in [0.25, 0.3) is 0 Å². The number of alkyl halides is 3. The van der Waals surface area contributed by atoms with Crippen molar-refractivity contribution in [1.29, 1.82) is 0 Å². The summed E-state index contributed by atoms with van der Waals surface area (Å²) in [5.74, 6) is 1.07. The summed E-state index contributed by atoms with van der Waals surface area (Å²) in [4.78, 5) is 8.48. The van der Waals surface area contributed by atoms with Crippen LogP contribution < -0.4 is 5.32 Å². The van der Waals surface area contributed by atoms with E-state index in [0.29, 0.717) is 19.6 Å². The lowest BCUT2D eigenvalue weighted by molar-refractivity contribution is -0.143. The molecular weight excluding hydrogens is 341 g/mol. The first-order valence-corrected chi connectivity index (χ1v) is 9.33. The van der Waals surface area contributed by atoms with Crippen LogP contribution in [0.1, 0.15) is 24.5 Å². The van der Waals surface area contributed by atoms with Crippen molar-refractivity contribution in [2.24, 2.45) is 10.9 Å². The highest BCUT2D eigenvalue weighted by Crippen LogP contribution is 2.23. The molecule has 0 aliphatic carbocycles. The van der Waals surface area contributed by atoms with Crippen LogP contribution in [0, 0.1) is 5.92 Å². The average Bonchev–Trinajstić information content (AvgIpc) is 3.03. The van der Waals surface area contributed by atoms with Crippen LogP contribution in [0.4, 0.5) is 13.2 Å². The van der Waals surface area contributed by atoms with E-state index in [1.807, 2.05) is 6.92 Å². The van der Waals surface area contributed by atoms with Gasteiger partial charge in [0.05, 0.1) is 6.54 Å². The molecule has 144 valence electrons. The van der Waals surface area contributed by atoms with E-state index in [4.69, 9.17) is 4.99 Å². The molecule has 1 unspecified atom stereocenters. The Morgan fingerprint density at radius 3 is 2.73 bits per heavy atom. The predicted molar refractivity (Wildman–Crippen MR) is 97.1 cm³/mol. The summed E-state index contributed by atoms with van der Waals surface area (Å²) < 4.78 is 37.6. The Kier molecular flexibility index (Phi) is 6.06. The van der Waals surface area contributed by atoms with Gasteiger partial charge >= 0.3 is 6.18 Å². The number of likely N-dealkylation sites (tertiary alicyclic amines) is 1. The van der Waals surface area contributed by atoms with E-state index >= 15 is 0 Å². The quantitative estimate of drug-likeness (QED) is 0.655. The Morgan fingerprint density at radius 1 is 1.23 bits per heavy atom. The lowest BCUT2D eigenvalue weighted by Gasteiger charge is -2.32. The highest BCUT2D eigenvalue weighted by Gasteiger charge is 2.34. The highest BCUT2D eigenvalue weighted by molar-refractivity contribution is 5.80. The number of nitrogens with one attached hydrogen (secondary N) is 1. The Labute approximate surface area is 153 Å². The van der Waals surface area contributed by atoms with Crippen LogP contribution in [-0.2, 0) is 13.0 Å². The molecule has 2 aliphatic rings. The molecule has 1 fully saturated rings. The molecule has 4 nitrogen and oxygen atoms in total. The number of benzene rings is 1. The van der Waals surface area contributed by atoms with Crippen LogP contribution in [0.15, 0.2) is 29.3 Å². The number of aliphatic imine (C=N–C) groups is 1. The van der Waals surface area contributed by atoms with Gasteiger partial charge in [-0.2, -0.15) is 13.2 Å². The summed E-state index contributed by atoms with van der Waals surface area (Å²) in [6, 6.07) is 8.45. The molecule has 2 heterocycles. The molecule has 7 heteroatoms. The molecule has 0 radical (unpaired) electrons. The molecule has 1 N–H and O–H groups in total. The molecule has 0 aromatic heterocycles. The van der Waals surface area contributed by atoms with Gasteiger partial charge in [-0.3, -0.25) is 9.89 Å². The zero-order valence-electron chi connectivity index (χ0n) is 15.2. The SMILES string of the molecule is CCNC(=NCC1CCN(CC(F)(F)F)C1)N1CCc2ccccc2C1. The van der Waals surface area contributed by atoms with Crippen molar-refractivity contribution in [3.8, 4) is 0 Å². The van der Waals surface area contributed by atoms with Gasteiger partial charge in [-0.1, -0.05) is 24.3 Å². The fourth-order valence-corrected chi connectivity index (χ4v) is 3.78. The molecule has 0 spiro atoms. The fraction of sp³-hybridized carbons (Fsp3) is 0.632. The molecule has 1 aromatic rings. The van der Waals surface area contributed by atoms with Crippen molar-refractivity contribution in [2.45, 2.75) is 32.5 Å². The number of nitrogens with zero attached hydrogens (tertiary/aromatic N) is 3. The molecule has 0 saturated carbocycles. The predicted octanol–water partition coefficient (Wildman–Crippen LogP) is 2.89. The van der Waals surface area contributed by atoms with E-state index in [-0.39, 0.29) is 5.92 Å². The van der Waals surface area contributed by atoms with E-state index in [0.717, 1.165) is 38.4 Å².